The summed E-state index contributed by atoms with van der Waals surface area (Å²) < 4.78 is 40.9. The maximum absolute atomic E-state index is 11.9. The minimum absolute atomic E-state index is 0.101. The van der Waals surface area contributed by atoms with Crippen LogP contribution in [0.5, 0.6) is 0 Å². The molecule has 2 unspecified atom stereocenters. The zero-order valence-corrected chi connectivity index (χ0v) is 9.74. The number of ether oxygens (including phenoxy) is 1. The fourth-order valence-electron chi connectivity index (χ4n) is 1.51. The summed E-state index contributed by atoms with van der Waals surface area (Å²) in [6.07, 6.45) is 2.14. The Labute approximate surface area is 98.1 Å². The van der Waals surface area contributed by atoms with E-state index >= 15 is 0 Å². The molecule has 1 rings (SSSR count). The Kier molecular flexibility index (Phi) is 5.50. The van der Waals surface area contributed by atoms with Crippen LogP contribution >= 0.6 is 11.8 Å². The second-order valence-electron chi connectivity index (χ2n) is 3.87. The maximum Gasteiger partial charge on any atom is 0.389 e. The molecule has 1 aliphatic heterocycles. The third-order valence-electron chi connectivity index (χ3n) is 2.44. The van der Waals surface area contributed by atoms with E-state index in [4.69, 9.17) is 11.2 Å². The SMILES string of the molecule is C#CC1CCC(CSCCC(F)(F)F)CO1. The molecule has 1 fully saturated rings. The highest BCUT2D eigenvalue weighted by atomic mass is 32.2. The Hall–Kier alpha value is -0.340. The normalized spacial score (nSPS) is 26.4. The molecule has 0 aliphatic carbocycles. The molecule has 0 aromatic rings. The number of terminal acetylenes is 1. The van der Waals surface area contributed by atoms with Crippen LogP contribution in [0.25, 0.3) is 0 Å². The van der Waals surface area contributed by atoms with Crippen LogP contribution in [0.4, 0.5) is 13.2 Å². The quantitative estimate of drug-likeness (QED) is 0.561. The molecule has 1 saturated heterocycles. The first-order chi connectivity index (χ1) is 7.51. The van der Waals surface area contributed by atoms with Crippen molar-refractivity contribution >= 4 is 11.8 Å². The summed E-state index contributed by atoms with van der Waals surface area (Å²) in [7, 11) is 0. The molecular formula is C11H15F3OS. The van der Waals surface area contributed by atoms with E-state index in [1.807, 2.05) is 0 Å². The van der Waals surface area contributed by atoms with Crippen molar-refractivity contribution in [2.24, 2.45) is 5.92 Å². The van der Waals surface area contributed by atoms with E-state index in [2.05, 4.69) is 5.92 Å². The lowest BCUT2D eigenvalue weighted by Crippen LogP contribution is -2.26. The van der Waals surface area contributed by atoms with E-state index in [0.29, 0.717) is 12.5 Å². The number of thioether (sulfide) groups is 1. The molecule has 0 spiro atoms. The zero-order valence-electron chi connectivity index (χ0n) is 8.93. The van der Waals surface area contributed by atoms with Gasteiger partial charge >= 0.3 is 6.18 Å². The molecule has 1 aliphatic rings. The standard InChI is InChI=1S/C11H15F3OS/c1-2-10-4-3-9(7-15-10)8-16-6-5-11(12,13)14/h1,9-10H,3-8H2. The van der Waals surface area contributed by atoms with E-state index in [1.54, 1.807) is 0 Å². The molecule has 0 saturated carbocycles. The van der Waals surface area contributed by atoms with Gasteiger partial charge in [0.25, 0.3) is 0 Å². The molecular weight excluding hydrogens is 237 g/mol. The number of alkyl halides is 3. The topological polar surface area (TPSA) is 9.23 Å². The molecule has 92 valence electrons. The van der Waals surface area contributed by atoms with Crippen molar-refractivity contribution in [3.05, 3.63) is 0 Å². The minimum atomic E-state index is -4.04. The molecule has 16 heavy (non-hydrogen) atoms. The first-order valence-electron chi connectivity index (χ1n) is 5.23. The van der Waals surface area contributed by atoms with Crippen molar-refractivity contribution < 1.29 is 17.9 Å². The lowest BCUT2D eigenvalue weighted by Gasteiger charge is -2.25. The lowest BCUT2D eigenvalue weighted by atomic mass is 10.0. The van der Waals surface area contributed by atoms with Gasteiger partial charge in [0, 0.05) is 5.75 Å². The smallest absolute Gasteiger partial charge is 0.365 e. The number of hydrogen-bond acceptors (Lipinski definition) is 2. The van der Waals surface area contributed by atoms with Crippen molar-refractivity contribution in [1.29, 1.82) is 0 Å². The highest BCUT2D eigenvalue weighted by Crippen LogP contribution is 2.25. The predicted octanol–water partition coefficient (Wildman–Crippen LogP) is 3.10. The average molecular weight is 252 g/mol. The average Bonchev–Trinajstić information content (AvgIpc) is 2.24. The van der Waals surface area contributed by atoms with Crippen LogP contribution in [0.3, 0.4) is 0 Å². The first kappa shape index (κ1) is 13.7. The van der Waals surface area contributed by atoms with E-state index in [-0.39, 0.29) is 11.9 Å². The molecule has 0 N–H and O–H groups in total. The molecule has 0 aromatic heterocycles. The summed E-state index contributed by atoms with van der Waals surface area (Å²) >= 11 is 1.34. The summed E-state index contributed by atoms with van der Waals surface area (Å²) in [5.74, 6) is 3.75. The van der Waals surface area contributed by atoms with Crippen molar-refractivity contribution in [2.45, 2.75) is 31.5 Å². The van der Waals surface area contributed by atoms with Gasteiger partial charge in [-0.15, -0.1) is 6.42 Å². The Morgan fingerprint density at radius 3 is 2.62 bits per heavy atom. The molecule has 0 aromatic carbocycles. The number of hydrogen-bond donors (Lipinski definition) is 0. The van der Waals surface area contributed by atoms with Crippen molar-refractivity contribution in [3.8, 4) is 12.3 Å². The molecule has 5 heteroatoms. The summed E-state index contributed by atoms with van der Waals surface area (Å²) in [6.45, 7) is 0.577. The van der Waals surface area contributed by atoms with Gasteiger partial charge in [-0.1, -0.05) is 5.92 Å². The second-order valence-corrected chi connectivity index (χ2v) is 5.02. The predicted molar refractivity (Wildman–Crippen MR) is 59.3 cm³/mol. The van der Waals surface area contributed by atoms with Crippen molar-refractivity contribution in [3.63, 3.8) is 0 Å². The molecule has 2 atom stereocenters. The van der Waals surface area contributed by atoms with Crippen LogP contribution < -0.4 is 0 Å². The number of halogens is 3. The fraction of sp³-hybridized carbons (Fsp3) is 0.818. The monoisotopic (exact) mass is 252 g/mol. The fourth-order valence-corrected chi connectivity index (χ4v) is 2.65. The van der Waals surface area contributed by atoms with E-state index in [1.165, 1.54) is 11.8 Å². The van der Waals surface area contributed by atoms with Crippen molar-refractivity contribution in [2.75, 3.05) is 18.1 Å². The van der Waals surface area contributed by atoms with Crippen LogP contribution in [0.1, 0.15) is 19.3 Å². The third-order valence-corrected chi connectivity index (χ3v) is 3.64. The maximum atomic E-state index is 11.9. The van der Waals surface area contributed by atoms with Crippen LogP contribution in [0.15, 0.2) is 0 Å². The van der Waals surface area contributed by atoms with Gasteiger partial charge in [-0.25, -0.2) is 0 Å². The van der Waals surface area contributed by atoms with Gasteiger partial charge in [-0.05, 0) is 24.5 Å². The third kappa shape index (κ3) is 5.66. The largest absolute Gasteiger partial charge is 0.389 e. The summed E-state index contributed by atoms with van der Waals surface area (Å²) in [5, 5.41) is 0. The minimum Gasteiger partial charge on any atom is -0.365 e. The Morgan fingerprint density at radius 2 is 2.12 bits per heavy atom. The first-order valence-corrected chi connectivity index (χ1v) is 6.39. The van der Waals surface area contributed by atoms with Gasteiger partial charge < -0.3 is 4.74 Å². The number of rotatable bonds is 4. The van der Waals surface area contributed by atoms with Gasteiger partial charge in [-0.2, -0.15) is 24.9 Å². The highest BCUT2D eigenvalue weighted by molar-refractivity contribution is 7.99. The molecule has 0 bridgehead atoms. The summed E-state index contributed by atoms with van der Waals surface area (Å²) in [4.78, 5) is 0. The van der Waals surface area contributed by atoms with E-state index in [9.17, 15) is 13.2 Å². The van der Waals surface area contributed by atoms with E-state index in [0.717, 1.165) is 18.6 Å². The van der Waals surface area contributed by atoms with Crippen LogP contribution in [-0.2, 0) is 4.74 Å². The van der Waals surface area contributed by atoms with Crippen LogP contribution in [-0.4, -0.2) is 30.4 Å². The summed E-state index contributed by atoms with van der Waals surface area (Å²) in [5.41, 5.74) is 0. The molecule has 0 amide bonds. The summed E-state index contributed by atoms with van der Waals surface area (Å²) in [6, 6.07) is 0. The molecule has 1 nitrogen and oxygen atoms in total. The Morgan fingerprint density at radius 1 is 1.38 bits per heavy atom. The van der Waals surface area contributed by atoms with Crippen LogP contribution in [0.2, 0.25) is 0 Å². The van der Waals surface area contributed by atoms with Crippen molar-refractivity contribution in [1.82, 2.24) is 0 Å². The van der Waals surface area contributed by atoms with Gasteiger partial charge in [0.05, 0.1) is 13.0 Å². The Balaban J connectivity index is 2.05. The molecule has 0 radical (unpaired) electrons. The lowest BCUT2D eigenvalue weighted by molar-refractivity contribution is -0.129. The highest BCUT2D eigenvalue weighted by Gasteiger charge is 2.26. The van der Waals surface area contributed by atoms with Gasteiger partial charge in [0.1, 0.15) is 6.10 Å². The van der Waals surface area contributed by atoms with Crippen LogP contribution in [0, 0.1) is 18.3 Å². The second kappa shape index (κ2) is 6.41. The molecule has 1 heterocycles. The zero-order chi connectivity index (χ0) is 12.0. The van der Waals surface area contributed by atoms with Gasteiger partial charge in [0.15, 0.2) is 0 Å². The Bertz CT molecular complexity index is 239. The van der Waals surface area contributed by atoms with Gasteiger partial charge in [-0.3, -0.25) is 0 Å². The van der Waals surface area contributed by atoms with E-state index < -0.39 is 12.6 Å². The van der Waals surface area contributed by atoms with Gasteiger partial charge in [0.2, 0.25) is 0 Å².